The van der Waals surface area contributed by atoms with Crippen LogP contribution in [-0.4, -0.2) is 40.5 Å². The highest BCUT2D eigenvalue weighted by molar-refractivity contribution is 5.89. The molecule has 10 nitrogen and oxygen atoms in total. The monoisotopic (exact) mass is 577 g/mol. The number of carbonyl (C=O) groups is 2. The topological polar surface area (TPSA) is 130 Å². The molecule has 2 amide bonds. The summed E-state index contributed by atoms with van der Waals surface area (Å²) in [5.74, 6) is 0.133. The van der Waals surface area contributed by atoms with Gasteiger partial charge in [-0.05, 0) is 71.0 Å². The molecular weight excluding hydrogens is 546 g/mol. The average Bonchev–Trinajstić information content (AvgIpc) is 3.53. The van der Waals surface area contributed by atoms with E-state index < -0.39 is 12.1 Å². The molecule has 4 bridgehead atoms. The number of nitrogens with one attached hydrogen (secondary N) is 3. The van der Waals surface area contributed by atoms with Crippen molar-refractivity contribution in [1.82, 2.24) is 14.9 Å². The van der Waals surface area contributed by atoms with E-state index in [0.717, 1.165) is 27.6 Å². The molecule has 10 heteroatoms. The Labute approximate surface area is 247 Å². The maximum absolute atomic E-state index is 14.3. The van der Waals surface area contributed by atoms with Gasteiger partial charge in [0.15, 0.2) is 0 Å². The van der Waals surface area contributed by atoms with Gasteiger partial charge < -0.3 is 24.4 Å². The summed E-state index contributed by atoms with van der Waals surface area (Å²) in [7, 11) is 1.72. The van der Waals surface area contributed by atoms with E-state index in [2.05, 4.69) is 20.6 Å². The maximum Gasteiger partial charge on any atom is 0.411 e. The number of anilines is 2. The number of ether oxygens (including phenoxy) is 1. The zero-order valence-electron chi connectivity index (χ0n) is 24.0. The number of nitrogens with zero attached hydrogens (tertiary/aromatic N) is 2. The molecular formula is C33H31N5O5. The number of oxazole rings is 1. The van der Waals surface area contributed by atoms with E-state index in [9.17, 15) is 14.4 Å². The minimum atomic E-state index is -0.759. The Bertz CT molecular complexity index is 1880. The van der Waals surface area contributed by atoms with Crippen molar-refractivity contribution in [2.75, 3.05) is 24.3 Å². The van der Waals surface area contributed by atoms with Crippen LogP contribution < -0.4 is 16.2 Å². The first-order valence-electron chi connectivity index (χ1n) is 14.0. The zero-order valence-corrected chi connectivity index (χ0v) is 24.0. The lowest BCUT2D eigenvalue weighted by atomic mass is 9.92. The van der Waals surface area contributed by atoms with Crippen LogP contribution in [0.5, 0.6) is 0 Å². The second-order valence-electron chi connectivity index (χ2n) is 10.8. The third-order valence-electron chi connectivity index (χ3n) is 7.75. The van der Waals surface area contributed by atoms with Crippen LogP contribution in [0.15, 0.2) is 88.5 Å². The summed E-state index contributed by atoms with van der Waals surface area (Å²) in [6.07, 6.45) is 4.09. The fourth-order valence-electron chi connectivity index (χ4n) is 5.52. The minimum absolute atomic E-state index is 0.0762. The molecule has 2 aliphatic rings. The molecule has 7 rings (SSSR count). The summed E-state index contributed by atoms with van der Waals surface area (Å²) < 4.78 is 11.1. The summed E-state index contributed by atoms with van der Waals surface area (Å²) in [5.41, 5.74) is 5.11. The molecule has 0 fully saturated rings. The van der Waals surface area contributed by atoms with Gasteiger partial charge in [0.25, 0.3) is 5.56 Å². The SMILES string of the molecule is Cc1cc2ccc1[C@@H](C)COC(=O)Nc1ccc(-c3ncco3)c(c1)CN(C)C(=O)[C@@H]2Nc1ccc2cc[nH]c(=O)c2c1. The quantitative estimate of drug-likeness (QED) is 0.241. The molecule has 3 N–H and O–H groups in total. The molecule has 218 valence electrons. The van der Waals surface area contributed by atoms with Crippen molar-refractivity contribution >= 4 is 34.1 Å². The van der Waals surface area contributed by atoms with Crippen LogP contribution in [0.2, 0.25) is 0 Å². The van der Waals surface area contributed by atoms with Crippen molar-refractivity contribution in [1.29, 1.82) is 0 Å². The molecule has 0 saturated carbocycles. The second kappa shape index (κ2) is 11.5. The number of carbonyl (C=O) groups excluding carboxylic acids is 2. The molecule has 2 atom stereocenters. The normalized spacial score (nSPS) is 17.5. The van der Waals surface area contributed by atoms with E-state index in [4.69, 9.17) is 9.15 Å². The Balaban J connectivity index is 1.43. The van der Waals surface area contributed by atoms with Gasteiger partial charge in [-0.1, -0.05) is 31.2 Å². The first kappa shape index (κ1) is 27.8. The smallest absolute Gasteiger partial charge is 0.411 e. The van der Waals surface area contributed by atoms with Crippen molar-refractivity contribution in [3.05, 3.63) is 112 Å². The Hall–Kier alpha value is -5.38. The lowest BCUT2D eigenvalue weighted by Gasteiger charge is -2.27. The number of aromatic nitrogens is 2. The Morgan fingerprint density at radius 2 is 1.88 bits per heavy atom. The van der Waals surface area contributed by atoms with Crippen LogP contribution >= 0.6 is 0 Å². The highest BCUT2D eigenvalue weighted by Gasteiger charge is 2.27. The molecule has 0 aliphatic carbocycles. The second-order valence-corrected chi connectivity index (χ2v) is 10.8. The molecule has 0 unspecified atom stereocenters. The predicted octanol–water partition coefficient (Wildman–Crippen LogP) is 5.97. The number of amides is 2. The third kappa shape index (κ3) is 5.72. The highest BCUT2D eigenvalue weighted by atomic mass is 16.5. The maximum atomic E-state index is 14.3. The molecule has 0 saturated heterocycles. The van der Waals surface area contributed by atoms with Gasteiger partial charge in [0.2, 0.25) is 11.8 Å². The van der Waals surface area contributed by atoms with Crippen LogP contribution in [0.4, 0.5) is 16.2 Å². The number of aryl methyl sites for hydroxylation is 1. The molecule has 43 heavy (non-hydrogen) atoms. The number of pyridine rings is 1. The molecule has 2 aromatic heterocycles. The minimum Gasteiger partial charge on any atom is -0.449 e. The standard InChI is InChI=1S/C33H31N5O5/c1-19-14-22-5-8-26(19)20(2)18-43-33(41)37-24-7-9-27(31-35-12-13-42-31)23(15-24)17-38(3)32(40)29(22)36-25-6-4-21-10-11-34-30(39)28(21)16-25/h4-16,20,29,36H,17-18H2,1-3H3,(H,34,39)(H,37,41)/t20-,29+/m0/s1. The van der Waals surface area contributed by atoms with Crippen LogP contribution in [0.25, 0.3) is 22.2 Å². The number of H-pyrrole nitrogens is 1. The number of likely N-dealkylation sites (N-methyl/N-ethyl adjacent to an activating group) is 1. The summed E-state index contributed by atoms with van der Waals surface area (Å²) in [5, 5.41) is 7.52. The zero-order chi connectivity index (χ0) is 30.1. The molecule has 2 aliphatic heterocycles. The van der Waals surface area contributed by atoms with Gasteiger partial charge in [-0.3, -0.25) is 14.9 Å². The Morgan fingerprint density at radius 3 is 2.67 bits per heavy atom. The van der Waals surface area contributed by atoms with E-state index in [0.29, 0.717) is 28.2 Å². The van der Waals surface area contributed by atoms with E-state index >= 15 is 0 Å². The van der Waals surface area contributed by atoms with Crippen molar-refractivity contribution in [2.45, 2.75) is 32.4 Å². The van der Waals surface area contributed by atoms with Gasteiger partial charge in [0, 0.05) is 48.0 Å². The van der Waals surface area contributed by atoms with Gasteiger partial charge in [-0.2, -0.15) is 0 Å². The van der Waals surface area contributed by atoms with E-state index in [1.807, 2.05) is 50.2 Å². The van der Waals surface area contributed by atoms with Crippen molar-refractivity contribution in [2.24, 2.45) is 0 Å². The third-order valence-corrected chi connectivity index (χ3v) is 7.75. The van der Waals surface area contributed by atoms with Gasteiger partial charge in [-0.15, -0.1) is 0 Å². The molecule has 0 spiro atoms. The van der Waals surface area contributed by atoms with Gasteiger partial charge >= 0.3 is 6.09 Å². The molecule has 3 aromatic carbocycles. The summed E-state index contributed by atoms with van der Waals surface area (Å²) in [4.78, 5) is 48.0. The van der Waals surface area contributed by atoms with Gasteiger partial charge in [0.1, 0.15) is 12.3 Å². The number of aromatic amines is 1. The number of hydrogen-bond acceptors (Lipinski definition) is 7. The predicted molar refractivity (Wildman–Crippen MR) is 164 cm³/mol. The van der Waals surface area contributed by atoms with Gasteiger partial charge in [-0.25, -0.2) is 9.78 Å². The van der Waals surface area contributed by atoms with Crippen LogP contribution in [-0.2, 0) is 16.1 Å². The van der Waals surface area contributed by atoms with E-state index in [1.54, 1.807) is 48.6 Å². The molecule has 5 aromatic rings. The van der Waals surface area contributed by atoms with Crippen LogP contribution in [0.1, 0.15) is 41.1 Å². The van der Waals surface area contributed by atoms with E-state index in [-0.39, 0.29) is 30.5 Å². The Morgan fingerprint density at radius 1 is 1.02 bits per heavy atom. The van der Waals surface area contributed by atoms with Crippen LogP contribution in [0.3, 0.4) is 0 Å². The largest absolute Gasteiger partial charge is 0.449 e. The lowest BCUT2D eigenvalue weighted by Crippen LogP contribution is -2.35. The van der Waals surface area contributed by atoms with E-state index in [1.165, 1.54) is 6.26 Å². The average molecular weight is 578 g/mol. The Kier molecular flexibility index (Phi) is 7.41. The number of rotatable bonds is 3. The summed E-state index contributed by atoms with van der Waals surface area (Å²) in [6, 6.07) is 17.7. The fraction of sp³-hybridized carbons (Fsp3) is 0.212. The van der Waals surface area contributed by atoms with Crippen LogP contribution in [0, 0.1) is 6.92 Å². The summed E-state index contributed by atoms with van der Waals surface area (Å²) in [6.45, 7) is 4.35. The summed E-state index contributed by atoms with van der Waals surface area (Å²) >= 11 is 0. The first-order valence-corrected chi connectivity index (χ1v) is 14.0. The highest BCUT2D eigenvalue weighted by Crippen LogP contribution is 2.31. The van der Waals surface area contributed by atoms with Crippen molar-refractivity contribution in [3.8, 4) is 11.5 Å². The van der Waals surface area contributed by atoms with Gasteiger partial charge in [0.05, 0.1) is 12.8 Å². The number of fused-ring (bicyclic) bond motifs is 10. The van der Waals surface area contributed by atoms with Crippen molar-refractivity contribution < 1.29 is 18.7 Å². The number of benzene rings is 3. The molecule has 4 heterocycles. The lowest BCUT2D eigenvalue weighted by molar-refractivity contribution is -0.131. The number of hydrogen-bond donors (Lipinski definition) is 3. The first-order chi connectivity index (χ1) is 20.8. The molecule has 0 radical (unpaired) electrons. The fourth-order valence-corrected chi connectivity index (χ4v) is 5.52. The van der Waals surface area contributed by atoms with Crippen molar-refractivity contribution in [3.63, 3.8) is 0 Å².